The van der Waals surface area contributed by atoms with Crippen molar-refractivity contribution >= 4 is 37.3 Å². The summed E-state index contributed by atoms with van der Waals surface area (Å²) in [6.07, 6.45) is 4.22. The number of hydrogen-bond donors (Lipinski definition) is 2. The summed E-state index contributed by atoms with van der Waals surface area (Å²) in [5, 5.41) is 4.97. The average molecular weight is 501 g/mol. The average Bonchev–Trinajstić information content (AvgIpc) is 3.37. The molecule has 1 aliphatic carbocycles. The fourth-order valence-corrected chi connectivity index (χ4v) is 5.41. The molecule has 0 atom stereocenters. The van der Waals surface area contributed by atoms with E-state index in [9.17, 15) is 9.36 Å². The standard InChI is InChI=1S/C28H25N2O3PS/c29-24-14-13-21(27-8-3-15-35-27)17-25(24)30-28(31)20-11-9-18(10-12-20)16-23-22(19-4-1-5-19)6-2-7-26(23)33-34-32/h2-3,6-15,17,19H,1,4-5,16,29H2,(H,30,31). The minimum Gasteiger partial charge on any atom is -0.407 e. The van der Waals surface area contributed by atoms with E-state index in [0.29, 0.717) is 35.0 Å². The number of anilines is 2. The van der Waals surface area contributed by atoms with Crippen LogP contribution < -0.4 is 15.6 Å². The van der Waals surface area contributed by atoms with Gasteiger partial charge in [-0.15, -0.1) is 11.3 Å². The third-order valence-corrected chi connectivity index (χ3v) is 7.74. The van der Waals surface area contributed by atoms with Crippen molar-refractivity contribution in [1.82, 2.24) is 0 Å². The second-order valence-electron chi connectivity index (χ2n) is 8.72. The lowest BCUT2D eigenvalue weighted by molar-refractivity contribution is 0.102. The molecule has 1 saturated carbocycles. The van der Waals surface area contributed by atoms with Crippen molar-refractivity contribution in [3.63, 3.8) is 0 Å². The van der Waals surface area contributed by atoms with Crippen LogP contribution in [0.1, 0.15) is 52.2 Å². The van der Waals surface area contributed by atoms with Gasteiger partial charge in [-0.1, -0.05) is 42.8 Å². The summed E-state index contributed by atoms with van der Waals surface area (Å²) in [5.41, 5.74) is 12.2. The number of nitrogens with one attached hydrogen (secondary N) is 1. The second-order valence-corrected chi connectivity index (χ2v) is 10.0. The molecule has 0 saturated heterocycles. The minimum absolute atomic E-state index is 0.212. The normalized spacial score (nSPS) is 13.4. The second kappa shape index (κ2) is 10.4. The van der Waals surface area contributed by atoms with Crippen LogP contribution in [0.15, 0.2) is 78.2 Å². The molecule has 1 amide bonds. The first-order valence-electron chi connectivity index (χ1n) is 11.6. The van der Waals surface area contributed by atoms with E-state index in [1.54, 1.807) is 11.3 Å². The molecule has 5 nitrogen and oxygen atoms in total. The Hall–Kier alpha value is -3.47. The van der Waals surface area contributed by atoms with Crippen LogP contribution >= 0.6 is 20.0 Å². The molecule has 0 unspecified atom stereocenters. The van der Waals surface area contributed by atoms with Crippen LogP contribution in [-0.4, -0.2) is 5.91 Å². The summed E-state index contributed by atoms with van der Waals surface area (Å²) in [6.45, 7) is 0. The lowest BCUT2D eigenvalue weighted by atomic mass is 9.77. The van der Waals surface area contributed by atoms with Gasteiger partial charge in [-0.05, 0) is 77.2 Å². The number of carbonyl (C=O) groups is 1. The molecule has 0 aliphatic heterocycles. The third kappa shape index (κ3) is 5.14. The minimum atomic E-state index is -0.360. The molecule has 176 valence electrons. The van der Waals surface area contributed by atoms with Gasteiger partial charge >= 0.3 is 8.69 Å². The van der Waals surface area contributed by atoms with Gasteiger partial charge in [0.15, 0.2) is 0 Å². The third-order valence-electron chi connectivity index (χ3n) is 6.55. The highest BCUT2D eigenvalue weighted by Gasteiger charge is 2.24. The molecule has 35 heavy (non-hydrogen) atoms. The van der Waals surface area contributed by atoms with E-state index >= 15 is 0 Å². The number of benzene rings is 3. The smallest absolute Gasteiger partial charge is 0.395 e. The molecule has 1 aliphatic rings. The number of hydrogen-bond acceptors (Lipinski definition) is 5. The molecule has 4 aromatic rings. The van der Waals surface area contributed by atoms with Gasteiger partial charge in [0.2, 0.25) is 0 Å². The first-order valence-corrected chi connectivity index (χ1v) is 13.2. The van der Waals surface area contributed by atoms with Crippen LogP contribution in [0.4, 0.5) is 11.4 Å². The van der Waals surface area contributed by atoms with E-state index in [-0.39, 0.29) is 14.6 Å². The van der Waals surface area contributed by atoms with E-state index in [1.807, 2.05) is 72.1 Å². The number of nitrogens with two attached hydrogens (primary N) is 1. The molecule has 7 heteroatoms. The molecule has 1 heterocycles. The van der Waals surface area contributed by atoms with Crippen molar-refractivity contribution in [2.45, 2.75) is 31.6 Å². The molecule has 1 aromatic heterocycles. The van der Waals surface area contributed by atoms with Crippen molar-refractivity contribution < 1.29 is 13.9 Å². The van der Waals surface area contributed by atoms with Crippen LogP contribution in [0, 0.1) is 0 Å². The fourth-order valence-electron chi connectivity index (χ4n) is 4.43. The number of nitrogen functional groups attached to an aromatic ring is 1. The van der Waals surface area contributed by atoms with Gasteiger partial charge < -0.3 is 15.6 Å². The van der Waals surface area contributed by atoms with Crippen LogP contribution in [0.5, 0.6) is 5.75 Å². The van der Waals surface area contributed by atoms with E-state index in [2.05, 4.69) is 11.4 Å². The summed E-state index contributed by atoms with van der Waals surface area (Å²) >= 11 is 1.64. The van der Waals surface area contributed by atoms with Gasteiger partial charge in [-0.3, -0.25) is 4.79 Å². The fraction of sp³-hybridized carbons (Fsp3) is 0.179. The largest absolute Gasteiger partial charge is 0.407 e. The Labute approximate surface area is 210 Å². The highest BCUT2D eigenvalue weighted by Crippen LogP contribution is 2.41. The molecule has 3 N–H and O–H groups in total. The Kier molecular flexibility index (Phi) is 6.94. The van der Waals surface area contributed by atoms with E-state index in [4.69, 9.17) is 10.3 Å². The van der Waals surface area contributed by atoms with Crippen molar-refractivity contribution in [2.24, 2.45) is 0 Å². The molecule has 3 aromatic carbocycles. The predicted octanol–water partition coefficient (Wildman–Crippen LogP) is 7.69. The maximum atomic E-state index is 12.9. The highest BCUT2D eigenvalue weighted by atomic mass is 32.1. The van der Waals surface area contributed by atoms with E-state index in [0.717, 1.165) is 21.6 Å². The number of carbonyl (C=O) groups excluding carboxylic acids is 1. The molecular weight excluding hydrogens is 475 g/mol. The number of amides is 1. The first kappa shape index (κ1) is 23.3. The van der Waals surface area contributed by atoms with Crippen LogP contribution in [0.25, 0.3) is 10.4 Å². The quantitative estimate of drug-likeness (QED) is 0.192. The Balaban J connectivity index is 1.33. The maximum absolute atomic E-state index is 12.9. The molecule has 0 spiro atoms. The van der Waals surface area contributed by atoms with Gasteiger partial charge in [0.1, 0.15) is 5.75 Å². The molecule has 1 fully saturated rings. The van der Waals surface area contributed by atoms with Crippen molar-refractivity contribution in [2.75, 3.05) is 11.1 Å². The molecule has 5 rings (SSSR count). The Morgan fingerprint density at radius 1 is 1.06 bits per heavy atom. The van der Waals surface area contributed by atoms with Crippen LogP contribution in [-0.2, 0) is 11.0 Å². The number of thiophene rings is 1. The zero-order chi connectivity index (χ0) is 24.2. The van der Waals surface area contributed by atoms with Crippen molar-refractivity contribution in [3.05, 3.63) is 100 Å². The summed E-state index contributed by atoms with van der Waals surface area (Å²) in [4.78, 5) is 14.1. The summed E-state index contributed by atoms with van der Waals surface area (Å²) < 4.78 is 16.5. The Morgan fingerprint density at radius 2 is 1.89 bits per heavy atom. The Bertz CT molecular complexity index is 1350. The zero-order valence-corrected chi connectivity index (χ0v) is 20.8. The lowest BCUT2D eigenvalue weighted by Gasteiger charge is -2.28. The molecule has 0 radical (unpaired) electrons. The maximum Gasteiger partial charge on any atom is 0.395 e. The van der Waals surface area contributed by atoms with Crippen molar-refractivity contribution in [3.8, 4) is 16.2 Å². The topological polar surface area (TPSA) is 81.4 Å². The molecular formula is C28H25N2O3PS. The predicted molar refractivity (Wildman–Crippen MR) is 143 cm³/mol. The monoisotopic (exact) mass is 500 g/mol. The zero-order valence-electron chi connectivity index (χ0n) is 19.1. The first-order chi connectivity index (χ1) is 17.1. The highest BCUT2D eigenvalue weighted by molar-refractivity contribution is 7.17. The summed E-state index contributed by atoms with van der Waals surface area (Å²) in [7, 11) is -0.360. The van der Waals surface area contributed by atoms with Crippen molar-refractivity contribution in [1.29, 1.82) is 0 Å². The summed E-state index contributed by atoms with van der Waals surface area (Å²) in [5.74, 6) is 0.960. The van der Waals surface area contributed by atoms with Gasteiger partial charge in [0.05, 0.1) is 11.4 Å². The van der Waals surface area contributed by atoms with Gasteiger partial charge in [-0.2, -0.15) is 0 Å². The van der Waals surface area contributed by atoms with Crippen LogP contribution in [0.3, 0.4) is 0 Å². The molecule has 0 bridgehead atoms. The lowest BCUT2D eigenvalue weighted by Crippen LogP contribution is -2.13. The van der Waals surface area contributed by atoms with Gasteiger partial charge in [0, 0.05) is 22.4 Å². The summed E-state index contributed by atoms with van der Waals surface area (Å²) in [6, 6.07) is 23.2. The Morgan fingerprint density at radius 3 is 2.57 bits per heavy atom. The SMILES string of the molecule is Nc1ccc(-c2cccs2)cc1NC(=O)c1ccc(Cc2c(OP=O)cccc2C2CCC2)cc1. The number of rotatable bonds is 8. The van der Waals surface area contributed by atoms with Crippen LogP contribution in [0.2, 0.25) is 0 Å². The van der Waals surface area contributed by atoms with Gasteiger partial charge in [-0.25, -0.2) is 4.57 Å². The van der Waals surface area contributed by atoms with E-state index < -0.39 is 0 Å². The van der Waals surface area contributed by atoms with E-state index in [1.165, 1.54) is 24.8 Å². The van der Waals surface area contributed by atoms with Gasteiger partial charge in [0.25, 0.3) is 5.91 Å².